The molecule has 0 aromatic carbocycles. The van der Waals surface area contributed by atoms with Crippen LogP contribution in [0.4, 0.5) is 5.69 Å². The van der Waals surface area contributed by atoms with Gasteiger partial charge in [0.1, 0.15) is 12.4 Å². The summed E-state index contributed by atoms with van der Waals surface area (Å²) in [7, 11) is 1.29. The van der Waals surface area contributed by atoms with Crippen molar-refractivity contribution in [1.82, 2.24) is 9.78 Å². The maximum Gasteiger partial charge on any atom is 0.307 e. The lowest BCUT2D eigenvalue weighted by Gasteiger charge is -2.09. The summed E-state index contributed by atoms with van der Waals surface area (Å²) in [4.78, 5) is 20.8. The van der Waals surface area contributed by atoms with Gasteiger partial charge in [0.15, 0.2) is 0 Å². The average molecular weight is 213 g/mol. The molecule has 0 aliphatic carbocycles. The fourth-order valence-electron chi connectivity index (χ4n) is 1.08. The van der Waals surface area contributed by atoms with E-state index in [0.717, 1.165) is 6.20 Å². The number of methoxy groups -OCH3 is 1. The lowest BCUT2D eigenvalue weighted by molar-refractivity contribution is -0.385. The highest BCUT2D eigenvalue weighted by atomic mass is 16.6. The molecule has 0 radical (unpaired) electrons. The molecule has 1 heterocycles. The van der Waals surface area contributed by atoms with E-state index in [1.165, 1.54) is 18.0 Å². The molecule has 0 amide bonds. The van der Waals surface area contributed by atoms with Crippen LogP contribution in [0.1, 0.15) is 19.4 Å². The van der Waals surface area contributed by atoms with Gasteiger partial charge >= 0.3 is 11.7 Å². The summed E-state index contributed by atoms with van der Waals surface area (Å²) in [6, 6.07) is -0.258. The summed E-state index contributed by atoms with van der Waals surface area (Å²) in [5, 5.41) is 14.2. The molecular formula is C8H11N3O4. The van der Waals surface area contributed by atoms with Gasteiger partial charge in [0.2, 0.25) is 0 Å². The Kier molecular flexibility index (Phi) is 3.37. The molecule has 1 unspecified atom stereocenters. The lowest BCUT2D eigenvalue weighted by atomic mass is 10.2. The van der Waals surface area contributed by atoms with Gasteiger partial charge in [-0.3, -0.25) is 19.6 Å². The Hall–Kier alpha value is -1.92. The molecule has 1 aromatic rings. The number of ether oxygens (including phenoxy) is 1. The van der Waals surface area contributed by atoms with E-state index in [1.807, 2.05) is 0 Å². The van der Waals surface area contributed by atoms with Crippen LogP contribution in [0.2, 0.25) is 0 Å². The van der Waals surface area contributed by atoms with Crippen molar-refractivity contribution in [3.63, 3.8) is 0 Å². The molecule has 15 heavy (non-hydrogen) atoms. The highest BCUT2D eigenvalue weighted by molar-refractivity contribution is 5.69. The van der Waals surface area contributed by atoms with Crippen LogP contribution in [0.15, 0.2) is 12.4 Å². The Balaban J connectivity index is 2.69. The van der Waals surface area contributed by atoms with Crippen LogP contribution in [-0.2, 0) is 9.53 Å². The SMILES string of the molecule is COC(=O)CC(C)n1cc([N+](=O)[O-])cn1. The molecular weight excluding hydrogens is 202 g/mol. The molecule has 0 fully saturated rings. The van der Waals surface area contributed by atoms with Gasteiger partial charge in [-0.15, -0.1) is 0 Å². The number of hydrogen-bond acceptors (Lipinski definition) is 5. The van der Waals surface area contributed by atoms with Crippen molar-refractivity contribution in [1.29, 1.82) is 0 Å². The molecule has 0 saturated carbocycles. The van der Waals surface area contributed by atoms with Gasteiger partial charge < -0.3 is 4.74 Å². The zero-order valence-corrected chi connectivity index (χ0v) is 8.41. The predicted molar refractivity (Wildman–Crippen MR) is 50.2 cm³/mol. The molecule has 0 bridgehead atoms. The highest BCUT2D eigenvalue weighted by Crippen LogP contribution is 2.15. The van der Waals surface area contributed by atoms with Crippen molar-refractivity contribution in [2.24, 2.45) is 0 Å². The maximum absolute atomic E-state index is 10.9. The first kappa shape index (κ1) is 11.2. The number of carbonyl (C=O) groups is 1. The van der Waals surface area contributed by atoms with Gasteiger partial charge in [-0.25, -0.2) is 0 Å². The van der Waals surface area contributed by atoms with Crippen molar-refractivity contribution in [3.05, 3.63) is 22.5 Å². The van der Waals surface area contributed by atoms with Crippen molar-refractivity contribution in [2.45, 2.75) is 19.4 Å². The van der Waals surface area contributed by atoms with E-state index in [1.54, 1.807) is 6.92 Å². The molecule has 7 heteroatoms. The van der Waals surface area contributed by atoms with E-state index in [4.69, 9.17) is 0 Å². The second kappa shape index (κ2) is 4.54. The molecule has 0 saturated heterocycles. The van der Waals surface area contributed by atoms with Crippen LogP contribution in [0.25, 0.3) is 0 Å². The number of esters is 1. The summed E-state index contributed by atoms with van der Waals surface area (Å²) >= 11 is 0. The lowest BCUT2D eigenvalue weighted by Crippen LogP contribution is -2.12. The van der Waals surface area contributed by atoms with E-state index >= 15 is 0 Å². The Morgan fingerprint density at radius 3 is 2.93 bits per heavy atom. The molecule has 82 valence electrons. The third-order valence-electron chi connectivity index (χ3n) is 1.94. The Morgan fingerprint density at radius 2 is 2.47 bits per heavy atom. The first-order chi connectivity index (χ1) is 7.04. The molecule has 7 nitrogen and oxygen atoms in total. The van der Waals surface area contributed by atoms with Crippen LogP contribution in [0.3, 0.4) is 0 Å². The van der Waals surface area contributed by atoms with Crippen molar-refractivity contribution in [3.8, 4) is 0 Å². The van der Waals surface area contributed by atoms with Gasteiger partial charge in [-0.2, -0.15) is 5.10 Å². The minimum absolute atomic E-state index is 0.0910. The van der Waals surface area contributed by atoms with E-state index in [0.29, 0.717) is 0 Å². The monoisotopic (exact) mass is 213 g/mol. The van der Waals surface area contributed by atoms with Gasteiger partial charge in [-0.05, 0) is 6.92 Å². The zero-order chi connectivity index (χ0) is 11.4. The molecule has 0 N–H and O–H groups in total. The zero-order valence-electron chi connectivity index (χ0n) is 8.41. The minimum Gasteiger partial charge on any atom is -0.469 e. The summed E-state index contributed by atoms with van der Waals surface area (Å²) in [5.41, 5.74) is -0.0910. The normalized spacial score (nSPS) is 12.1. The number of hydrogen-bond donors (Lipinski definition) is 0. The van der Waals surface area contributed by atoms with Crippen LogP contribution >= 0.6 is 0 Å². The number of nitro groups is 1. The Labute approximate surface area is 85.8 Å². The van der Waals surface area contributed by atoms with Crippen molar-refractivity contribution < 1.29 is 14.5 Å². The molecule has 1 atom stereocenters. The van der Waals surface area contributed by atoms with Crippen molar-refractivity contribution in [2.75, 3.05) is 7.11 Å². The first-order valence-corrected chi connectivity index (χ1v) is 4.30. The van der Waals surface area contributed by atoms with Gasteiger partial charge in [0.05, 0.1) is 24.5 Å². The van der Waals surface area contributed by atoms with Crippen LogP contribution < -0.4 is 0 Å². The second-order valence-corrected chi connectivity index (χ2v) is 3.06. The molecule has 1 aromatic heterocycles. The third-order valence-corrected chi connectivity index (χ3v) is 1.94. The van der Waals surface area contributed by atoms with Crippen LogP contribution in [0.5, 0.6) is 0 Å². The number of rotatable bonds is 4. The quantitative estimate of drug-likeness (QED) is 0.421. The average Bonchev–Trinajstić information content (AvgIpc) is 2.66. The van der Waals surface area contributed by atoms with E-state index < -0.39 is 4.92 Å². The van der Waals surface area contributed by atoms with Gasteiger partial charge in [0.25, 0.3) is 0 Å². The van der Waals surface area contributed by atoms with E-state index in [2.05, 4.69) is 9.84 Å². The summed E-state index contributed by atoms with van der Waals surface area (Å²) in [6.07, 6.45) is 2.57. The molecule has 0 spiro atoms. The molecule has 0 aliphatic rings. The van der Waals surface area contributed by atoms with Crippen LogP contribution in [0, 0.1) is 10.1 Å². The maximum atomic E-state index is 10.9. The Morgan fingerprint density at radius 1 is 1.80 bits per heavy atom. The Bertz CT molecular complexity index is 374. The molecule has 1 rings (SSSR count). The number of carbonyl (C=O) groups excluding carboxylic acids is 1. The predicted octanol–water partition coefficient (Wildman–Crippen LogP) is 0.915. The fourth-order valence-corrected chi connectivity index (χ4v) is 1.08. The standard InChI is InChI=1S/C8H11N3O4/c1-6(3-8(12)15-2)10-5-7(4-9-10)11(13)14/h4-6H,3H2,1-2H3. The van der Waals surface area contributed by atoms with Crippen LogP contribution in [-0.4, -0.2) is 27.8 Å². The summed E-state index contributed by atoms with van der Waals surface area (Å²) in [6.45, 7) is 1.73. The minimum atomic E-state index is -0.533. The highest BCUT2D eigenvalue weighted by Gasteiger charge is 2.15. The number of nitrogens with zero attached hydrogens (tertiary/aromatic N) is 3. The molecule has 0 aliphatic heterocycles. The van der Waals surface area contributed by atoms with Crippen molar-refractivity contribution >= 4 is 11.7 Å². The first-order valence-electron chi connectivity index (χ1n) is 4.30. The third kappa shape index (κ3) is 2.76. The van der Waals surface area contributed by atoms with Gasteiger partial charge in [0, 0.05) is 0 Å². The van der Waals surface area contributed by atoms with E-state index in [-0.39, 0.29) is 24.1 Å². The van der Waals surface area contributed by atoms with E-state index in [9.17, 15) is 14.9 Å². The summed E-state index contributed by atoms with van der Waals surface area (Å²) in [5.74, 6) is -0.374. The fraction of sp³-hybridized carbons (Fsp3) is 0.500. The van der Waals surface area contributed by atoms with Gasteiger partial charge in [-0.1, -0.05) is 0 Å². The number of aromatic nitrogens is 2. The topological polar surface area (TPSA) is 87.3 Å². The largest absolute Gasteiger partial charge is 0.469 e. The smallest absolute Gasteiger partial charge is 0.307 e. The second-order valence-electron chi connectivity index (χ2n) is 3.06. The summed E-state index contributed by atoms with van der Waals surface area (Å²) < 4.78 is 5.85.